The van der Waals surface area contributed by atoms with Crippen molar-refractivity contribution in [2.45, 2.75) is 11.3 Å². The van der Waals surface area contributed by atoms with Gasteiger partial charge in [0.2, 0.25) is 0 Å². The molecule has 21 heavy (non-hydrogen) atoms. The molecular weight excluding hydrogens is 348 g/mol. The van der Waals surface area contributed by atoms with Gasteiger partial charge < -0.3 is 0 Å². The Morgan fingerprint density at radius 1 is 1.29 bits per heavy atom. The molecule has 0 fully saturated rings. The number of rotatable bonds is 1. The van der Waals surface area contributed by atoms with Gasteiger partial charge in [-0.3, -0.25) is 4.79 Å². The van der Waals surface area contributed by atoms with Gasteiger partial charge in [0.25, 0.3) is 5.91 Å². The fourth-order valence-corrected chi connectivity index (χ4v) is 3.49. The molecule has 2 aromatic rings. The second-order valence-electron chi connectivity index (χ2n) is 4.53. The summed E-state index contributed by atoms with van der Waals surface area (Å²) in [7, 11) is 0. The second-order valence-corrected chi connectivity index (χ2v) is 6.57. The molecule has 0 bridgehead atoms. The fraction of sp³-hybridized carbons (Fsp3) is 0.0625. The molecule has 0 unspecified atom stereocenters. The van der Waals surface area contributed by atoms with E-state index in [9.17, 15) is 4.79 Å². The second kappa shape index (κ2) is 5.84. The molecular formula is C16H9BrN2OS. The van der Waals surface area contributed by atoms with Gasteiger partial charge in [0.05, 0.1) is 16.7 Å². The van der Waals surface area contributed by atoms with E-state index in [2.05, 4.69) is 20.9 Å². The van der Waals surface area contributed by atoms with Gasteiger partial charge in [0.1, 0.15) is 0 Å². The Hall–Kier alpha value is -1.90. The summed E-state index contributed by atoms with van der Waals surface area (Å²) >= 11 is 4.96. The van der Waals surface area contributed by atoms with Crippen LogP contribution in [0, 0.1) is 11.3 Å². The van der Waals surface area contributed by atoms with Crippen molar-refractivity contribution in [3.63, 3.8) is 0 Å². The number of nitrogens with zero attached hydrogens (tertiary/aromatic N) is 2. The molecule has 1 aliphatic heterocycles. The lowest BCUT2D eigenvalue weighted by Crippen LogP contribution is -2.00. The summed E-state index contributed by atoms with van der Waals surface area (Å²) in [4.78, 5) is 17.5. The number of hydrogen-bond donors (Lipinski definition) is 0. The molecule has 0 atom stereocenters. The number of thioether (sulfide) groups is 1. The van der Waals surface area contributed by atoms with Crippen molar-refractivity contribution in [3.8, 4) is 6.07 Å². The first-order valence-electron chi connectivity index (χ1n) is 6.24. The number of amides is 1. The molecule has 0 saturated carbocycles. The highest BCUT2D eigenvalue weighted by atomic mass is 79.9. The first-order valence-corrected chi connectivity index (χ1v) is 7.85. The number of carbonyl (C=O) groups is 1. The van der Waals surface area contributed by atoms with Gasteiger partial charge in [-0.1, -0.05) is 33.8 Å². The maximum Gasteiger partial charge on any atom is 0.277 e. The Bertz CT molecular complexity index is 808. The first-order chi connectivity index (χ1) is 10.2. The lowest BCUT2D eigenvalue weighted by Gasteiger charge is -1.97. The van der Waals surface area contributed by atoms with Crippen molar-refractivity contribution in [3.05, 3.63) is 63.6 Å². The third-order valence-electron chi connectivity index (χ3n) is 3.06. The van der Waals surface area contributed by atoms with E-state index >= 15 is 0 Å². The lowest BCUT2D eigenvalue weighted by atomic mass is 10.1. The molecule has 102 valence electrons. The zero-order valence-electron chi connectivity index (χ0n) is 10.8. The number of carbonyl (C=O) groups excluding carboxylic acids is 1. The van der Waals surface area contributed by atoms with E-state index in [4.69, 9.17) is 5.26 Å². The van der Waals surface area contributed by atoms with Crippen LogP contribution in [0.4, 0.5) is 0 Å². The Morgan fingerprint density at radius 3 is 2.95 bits per heavy atom. The van der Waals surface area contributed by atoms with Gasteiger partial charge in [0.15, 0.2) is 0 Å². The average molecular weight is 357 g/mol. The van der Waals surface area contributed by atoms with Crippen molar-refractivity contribution < 1.29 is 4.79 Å². The summed E-state index contributed by atoms with van der Waals surface area (Å²) in [5, 5.41) is 9.65. The fourth-order valence-electron chi connectivity index (χ4n) is 2.07. The zero-order chi connectivity index (χ0) is 14.8. The minimum Gasteiger partial charge on any atom is -0.267 e. The number of halogens is 1. The van der Waals surface area contributed by atoms with Gasteiger partial charge >= 0.3 is 0 Å². The monoisotopic (exact) mass is 356 g/mol. The third-order valence-corrected chi connectivity index (χ3v) is 4.64. The Morgan fingerprint density at radius 2 is 2.14 bits per heavy atom. The van der Waals surface area contributed by atoms with Gasteiger partial charge in [-0.15, -0.1) is 0 Å². The molecule has 0 aromatic heterocycles. The summed E-state index contributed by atoms with van der Waals surface area (Å²) in [6, 6.07) is 14.7. The molecule has 0 radical (unpaired) electrons. The molecule has 1 heterocycles. The number of fused-ring (bicyclic) bond motifs is 1. The first kappa shape index (κ1) is 14.1. The lowest BCUT2D eigenvalue weighted by molar-refractivity contribution is 0.100. The van der Waals surface area contributed by atoms with E-state index in [0.717, 1.165) is 14.4 Å². The van der Waals surface area contributed by atoms with Gasteiger partial charge in [-0.25, -0.2) is 4.99 Å². The Kier molecular flexibility index (Phi) is 3.91. The molecule has 0 N–H and O–H groups in total. The van der Waals surface area contributed by atoms with Gasteiger partial charge in [-0.05, 0) is 42.0 Å². The summed E-state index contributed by atoms with van der Waals surface area (Å²) < 4.78 is 1.02. The van der Waals surface area contributed by atoms with E-state index in [1.165, 1.54) is 17.3 Å². The molecule has 1 aliphatic rings. The van der Waals surface area contributed by atoms with E-state index < -0.39 is 0 Å². The molecule has 3 nitrogen and oxygen atoms in total. The van der Waals surface area contributed by atoms with Gasteiger partial charge in [0, 0.05) is 21.4 Å². The smallest absolute Gasteiger partial charge is 0.267 e. The molecule has 2 aromatic carbocycles. The van der Waals surface area contributed by atoms with Crippen LogP contribution in [-0.2, 0) is 6.42 Å². The predicted molar refractivity (Wildman–Crippen MR) is 86.6 cm³/mol. The van der Waals surface area contributed by atoms with Crippen LogP contribution >= 0.6 is 27.7 Å². The average Bonchev–Trinajstić information content (AvgIpc) is 2.88. The van der Waals surface area contributed by atoms with E-state index in [-0.39, 0.29) is 5.91 Å². The predicted octanol–water partition coefficient (Wildman–Crippen LogP) is 4.21. The summed E-state index contributed by atoms with van der Waals surface area (Å²) in [6.07, 6.45) is 0.670. The van der Waals surface area contributed by atoms with Crippen LogP contribution < -0.4 is 0 Å². The topological polar surface area (TPSA) is 53.2 Å². The maximum absolute atomic E-state index is 12.2. The quantitative estimate of drug-likeness (QED) is 0.768. The molecule has 5 heteroatoms. The molecule has 0 spiro atoms. The molecule has 0 saturated heterocycles. The highest BCUT2D eigenvalue weighted by Gasteiger charge is 2.19. The molecule has 1 amide bonds. The van der Waals surface area contributed by atoms with E-state index in [1.807, 2.05) is 24.3 Å². The number of nitriles is 1. The summed E-state index contributed by atoms with van der Waals surface area (Å²) in [5.41, 5.74) is 2.08. The van der Waals surface area contributed by atoms with Gasteiger partial charge in [-0.2, -0.15) is 5.26 Å². The number of hydrogen-bond acceptors (Lipinski definition) is 3. The van der Waals surface area contributed by atoms with E-state index in [1.54, 1.807) is 24.3 Å². The zero-order valence-corrected chi connectivity index (χ0v) is 13.2. The highest BCUT2D eigenvalue weighted by Crippen LogP contribution is 2.35. The standard InChI is InChI=1S/C16H9BrN2OS/c17-13-4-5-14-12(7-13)8-15(21-14)19-16(20)11-3-1-2-10(6-11)9-18/h1-7H,8H2. The minimum absolute atomic E-state index is 0.304. The summed E-state index contributed by atoms with van der Waals surface area (Å²) in [5.74, 6) is -0.304. The highest BCUT2D eigenvalue weighted by molar-refractivity contribution is 9.10. The molecule has 0 aliphatic carbocycles. The van der Waals surface area contributed by atoms with Crippen LogP contribution in [0.2, 0.25) is 0 Å². The normalized spacial score (nSPS) is 14.8. The number of aliphatic imine (C=N–C) groups is 1. The Balaban J connectivity index is 1.84. The molecule has 3 rings (SSSR count). The third kappa shape index (κ3) is 3.07. The van der Waals surface area contributed by atoms with Crippen LogP contribution in [0.25, 0.3) is 0 Å². The van der Waals surface area contributed by atoms with Crippen LogP contribution in [0.15, 0.2) is 56.8 Å². The van der Waals surface area contributed by atoms with Crippen molar-refractivity contribution in [1.82, 2.24) is 0 Å². The van der Waals surface area contributed by atoms with Crippen molar-refractivity contribution >= 4 is 38.6 Å². The van der Waals surface area contributed by atoms with Crippen LogP contribution in [0.3, 0.4) is 0 Å². The SMILES string of the molecule is N#Cc1cccc(C(=O)N=C2Cc3cc(Br)ccc3S2)c1. The Labute approximate surface area is 134 Å². The maximum atomic E-state index is 12.2. The van der Waals surface area contributed by atoms with Crippen molar-refractivity contribution in [2.24, 2.45) is 4.99 Å². The number of benzene rings is 2. The summed E-state index contributed by atoms with van der Waals surface area (Å²) in [6.45, 7) is 0. The van der Waals surface area contributed by atoms with Crippen LogP contribution in [-0.4, -0.2) is 11.0 Å². The largest absolute Gasteiger partial charge is 0.277 e. The van der Waals surface area contributed by atoms with Crippen LogP contribution in [0.5, 0.6) is 0 Å². The van der Waals surface area contributed by atoms with Crippen LogP contribution in [0.1, 0.15) is 21.5 Å². The van der Waals surface area contributed by atoms with E-state index in [0.29, 0.717) is 17.5 Å². The van der Waals surface area contributed by atoms with Crippen molar-refractivity contribution in [2.75, 3.05) is 0 Å². The minimum atomic E-state index is -0.304. The van der Waals surface area contributed by atoms with Crippen molar-refractivity contribution in [1.29, 1.82) is 5.26 Å².